The average Bonchev–Trinajstić information content (AvgIpc) is 2.13. The highest BCUT2D eigenvalue weighted by molar-refractivity contribution is 5.70. The summed E-state index contributed by atoms with van der Waals surface area (Å²) in [5.74, 6) is -2.04. The first-order chi connectivity index (χ1) is 6.45. The van der Waals surface area contributed by atoms with Gasteiger partial charge in [-0.05, 0) is 6.92 Å². The van der Waals surface area contributed by atoms with Gasteiger partial charge in [0.2, 0.25) is 0 Å². The predicted octanol–water partition coefficient (Wildman–Crippen LogP) is -1.81. The molecule has 6 heteroatoms. The molecule has 0 bridgehead atoms. The molecule has 0 aliphatic carbocycles. The molecule has 14 heavy (non-hydrogen) atoms. The lowest BCUT2D eigenvalue weighted by Gasteiger charge is -2.36. The molecule has 0 saturated carbocycles. The molecule has 2 unspecified atom stereocenters. The lowest BCUT2D eigenvalue weighted by Crippen LogP contribution is -2.55. The van der Waals surface area contributed by atoms with E-state index >= 15 is 0 Å². The number of aliphatic carboxylic acids is 1. The molecule has 5 atom stereocenters. The summed E-state index contributed by atoms with van der Waals surface area (Å²) in [7, 11) is 0. The van der Waals surface area contributed by atoms with Crippen LogP contribution in [0.2, 0.25) is 0 Å². The Morgan fingerprint density at radius 2 is 1.93 bits per heavy atom. The lowest BCUT2D eigenvalue weighted by atomic mass is 9.92. The third-order valence-electron chi connectivity index (χ3n) is 2.42. The van der Waals surface area contributed by atoms with Crippen LogP contribution in [0.25, 0.3) is 0 Å². The summed E-state index contributed by atoms with van der Waals surface area (Å²) in [4.78, 5) is 10.6. The van der Waals surface area contributed by atoms with Crippen LogP contribution in [0.4, 0.5) is 0 Å². The summed E-state index contributed by atoms with van der Waals surface area (Å²) < 4.78 is 4.96. The van der Waals surface area contributed by atoms with Crippen molar-refractivity contribution in [1.29, 1.82) is 0 Å². The number of carboxylic acid groups (broad SMARTS) is 1. The third-order valence-corrected chi connectivity index (χ3v) is 2.42. The minimum atomic E-state index is -1.37. The normalized spacial score (nSPS) is 40.6. The molecule has 82 valence electrons. The van der Waals surface area contributed by atoms with Crippen LogP contribution in [0.1, 0.15) is 6.92 Å². The van der Waals surface area contributed by atoms with E-state index in [1.54, 1.807) is 0 Å². The molecule has 4 N–H and O–H groups in total. The van der Waals surface area contributed by atoms with Crippen LogP contribution in [0.5, 0.6) is 0 Å². The maximum absolute atomic E-state index is 10.6. The van der Waals surface area contributed by atoms with Gasteiger partial charge < -0.3 is 25.2 Å². The van der Waals surface area contributed by atoms with Gasteiger partial charge in [0.25, 0.3) is 0 Å². The molecular formula is C8H14O6. The van der Waals surface area contributed by atoms with E-state index in [2.05, 4.69) is 0 Å². The second-order valence-electron chi connectivity index (χ2n) is 3.47. The molecule has 0 aromatic carbocycles. The first-order valence-corrected chi connectivity index (χ1v) is 4.33. The highest BCUT2D eigenvalue weighted by atomic mass is 16.5. The van der Waals surface area contributed by atoms with Crippen LogP contribution in [-0.2, 0) is 9.53 Å². The second kappa shape index (κ2) is 4.22. The molecule has 6 nitrogen and oxygen atoms in total. The van der Waals surface area contributed by atoms with Crippen molar-refractivity contribution in [3.8, 4) is 0 Å². The van der Waals surface area contributed by atoms with E-state index in [4.69, 9.17) is 14.9 Å². The van der Waals surface area contributed by atoms with Crippen molar-refractivity contribution in [3.05, 3.63) is 0 Å². The quantitative estimate of drug-likeness (QED) is 0.424. The molecule has 0 spiro atoms. The first-order valence-electron chi connectivity index (χ1n) is 4.33. The van der Waals surface area contributed by atoms with Crippen LogP contribution in [0, 0.1) is 5.92 Å². The van der Waals surface area contributed by atoms with Crippen molar-refractivity contribution in [2.24, 2.45) is 5.92 Å². The lowest BCUT2D eigenvalue weighted by molar-refractivity contribution is -0.203. The zero-order valence-electron chi connectivity index (χ0n) is 7.70. The van der Waals surface area contributed by atoms with Gasteiger partial charge in [-0.3, -0.25) is 4.79 Å². The van der Waals surface area contributed by atoms with Crippen molar-refractivity contribution in [3.63, 3.8) is 0 Å². The van der Waals surface area contributed by atoms with Crippen molar-refractivity contribution < 1.29 is 30.0 Å². The summed E-state index contributed by atoms with van der Waals surface area (Å²) in [6, 6.07) is 0. The van der Waals surface area contributed by atoms with Crippen LogP contribution in [0.15, 0.2) is 0 Å². The summed E-state index contributed by atoms with van der Waals surface area (Å²) in [6.07, 6.45) is -4.87. The summed E-state index contributed by atoms with van der Waals surface area (Å²) in [5.41, 5.74) is 0. The maximum atomic E-state index is 10.6. The van der Waals surface area contributed by atoms with Gasteiger partial charge in [0.1, 0.15) is 18.3 Å². The molecule has 1 heterocycles. The van der Waals surface area contributed by atoms with E-state index in [1.807, 2.05) is 0 Å². The van der Waals surface area contributed by atoms with E-state index in [-0.39, 0.29) is 6.61 Å². The van der Waals surface area contributed by atoms with Gasteiger partial charge in [0.15, 0.2) is 0 Å². The zero-order chi connectivity index (χ0) is 10.9. The second-order valence-corrected chi connectivity index (χ2v) is 3.47. The molecule has 1 fully saturated rings. The van der Waals surface area contributed by atoms with Crippen LogP contribution in [0.3, 0.4) is 0 Å². The molecule has 1 rings (SSSR count). The Kier molecular flexibility index (Phi) is 3.43. The number of hydrogen-bond donors (Lipinski definition) is 4. The highest BCUT2D eigenvalue weighted by Crippen LogP contribution is 2.21. The molecule has 1 aliphatic heterocycles. The number of carbonyl (C=O) groups is 1. The van der Waals surface area contributed by atoms with Crippen molar-refractivity contribution in [2.75, 3.05) is 6.61 Å². The van der Waals surface area contributed by atoms with Gasteiger partial charge in [0.05, 0.1) is 18.6 Å². The van der Waals surface area contributed by atoms with E-state index in [0.717, 1.165) is 0 Å². The fraction of sp³-hybridized carbons (Fsp3) is 0.875. The van der Waals surface area contributed by atoms with Gasteiger partial charge in [-0.15, -0.1) is 0 Å². The first kappa shape index (κ1) is 11.4. The third kappa shape index (κ3) is 2.03. The van der Waals surface area contributed by atoms with E-state index < -0.39 is 36.3 Å². The number of carboxylic acids is 1. The number of hydrogen-bond acceptors (Lipinski definition) is 5. The van der Waals surface area contributed by atoms with Crippen molar-refractivity contribution in [2.45, 2.75) is 31.3 Å². The Morgan fingerprint density at radius 1 is 1.36 bits per heavy atom. The van der Waals surface area contributed by atoms with Crippen molar-refractivity contribution >= 4 is 5.97 Å². The topological polar surface area (TPSA) is 107 Å². The average molecular weight is 206 g/mol. The standard InChI is InChI=1S/C8H14O6/c1-3(8(12)13)7-6(11)5(10)4(9)2-14-7/h3-7,9-11H,2H2,1H3,(H,12,13)/t3?,4-,5+,6-,7?/m1/s1. The predicted molar refractivity (Wildman–Crippen MR) is 44.6 cm³/mol. The molecule has 0 aromatic heterocycles. The Morgan fingerprint density at radius 3 is 2.43 bits per heavy atom. The maximum Gasteiger partial charge on any atom is 0.308 e. The Bertz CT molecular complexity index is 218. The molecule has 0 aromatic rings. The fourth-order valence-electron chi connectivity index (χ4n) is 1.41. The minimum absolute atomic E-state index is 0.166. The Balaban J connectivity index is 2.67. The van der Waals surface area contributed by atoms with Crippen LogP contribution in [-0.4, -0.2) is 57.4 Å². The van der Waals surface area contributed by atoms with Crippen LogP contribution >= 0.6 is 0 Å². The smallest absolute Gasteiger partial charge is 0.308 e. The van der Waals surface area contributed by atoms with E-state index in [9.17, 15) is 15.0 Å². The highest BCUT2D eigenvalue weighted by Gasteiger charge is 2.42. The molecule has 0 radical (unpaired) electrons. The van der Waals surface area contributed by atoms with Crippen LogP contribution < -0.4 is 0 Å². The molecule has 1 aliphatic rings. The van der Waals surface area contributed by atoms with E-state index in [1.165, 1.54) is 6.92 Å². The largest absolute Gasteiger partial charge is 0.481 e. The van der Waals surface area contributed by atoms with Gasteiger partial charge in [-0.2, -0.15) is 0 Å². The minimum Gasteiger partial charge on any atom is -0.481 e. The van der Waals surface area contributed by atoms with E-state index in [0.29, 0.717) is 0 Å². The number of rotatable bonds is 2. The Labute approximate surface area is 80.7 Å². The number of aliphatic hydroxyl groups excluding tert-OH is 3. The zero-order valence-corrected chi connectivity index (χ0v) is 7.70. The summed E-state index contributed by atoms with van der Waals surface area (Å²) >= 11 is 0. The van der Waals surface area contributed by atoms with Crippen molar-refractivity contribution in [1.82, 2.24) is 0 Å². The number of ether oxygens (including phenoxy) is 1. The SMILES string of the molecule is CC(C(=O)O)C1OC[C@@H](O)[C@H](O)[C@H]1O. The number of aliphatic hydroxyl groups is 3. The Hall–Kier alpha value is -0.690. The molecule has 0 amide bonds. The van der Waals surface area contributed by atoms with Gasteiger partial charge >= 0.3 is 5.97 Å². The fourth-order valence-corrected chi connectivity index (χ4v) is 1.41. The summed E-state index contributed by atoms with van der Waals surface area (Å²) in [5, 5.41) is 36.5. The van der Waals surface area contributed by atoms with Gasteiger partial charge in [-0.25, -0.2) is 0 Å². The molecule has 1 saturated heterocycles. The monoisotopic (exact) mass is 206 g/mol. The van der Waals surface area contributed by atoms with Gasteiger partial charge in [-0.1, -0.05) is 0 Å². The molecular weight excluding hydrogens is 192 g/mol. The van der Waals surface area contributed by atoms with Gasteiger partial charge in [0, 0.05) is 0 Å². The summed E-state index contributed by atoms with van der Waals surface area (Å²) in [6.45, 7) is 1.21.